The van der Waals surface area contributed by atoms with Crippen molar-refractivity contribution in [2.24, 2.45) is 0 Å². The summed E-state index contributed by atoms with van der Waals surface area (Å²) in [7, 11) is 1.35. The molecule has 0 aliphatic heterocycles. The first-order valence-electron chi connectivity index (χ1n) is 6.76. The quantitative estimate of drug-likeness (QED) is 0.896. The second-order valence-electron chi connectivity index (χ2n) is 5.71. The summed E-state index contributed by atoms with van der Waals surface area (Å²) in [6.45, 7) is 6.66. The van der Waals surface area contributed by atoms with E-state index >= 15 is 0 Å². The molecule has 0 saturated carbocycles. The second kappa shape index (κ2) is 7.11. The Hall–Kier alpha value is -2.31. The largest absolute Gasteiger partial charge is 0.494 e. The number of alkyl carbamates (subject to hydrolysis) is 1. The van der Waals surface area contributed by atoms with Crippen LogP contribution in [-0.4, -0.2) is 30.8 Å². The van der Waals surface area contributed by atoms with Crippen LogP contribution < -0.4 is 15.4 Å². The molecular formula is C15H21FN2O4. The van der Waals surface area contributed by atoms with Crippen LogP contribution >= 0.6 is 0 Å². The van der Waals surface area contributed by atoms with Gasteiger partial charge in [0.2, 0.25) is 5.91 Å². The monoisotopic (exact) mass is 312 g/mol. The van der Waals surface area contributed by atoms with E-state index in [1.54, 1.807) is 20.8 Å². The maximum Gasteiger partial charge on any atom is 0.408 e. The molecule has 0 saturated heterocycles. The fraction of sp³-hybridized carbons (Fsp3) is 0.467. The summed E-state index contributed by atoms with van der Waals surface area (Å²) in [4.78, 5) is 23.5. The number of nitrogens with one attached hydrogen (secondary N) is 2. The lowest BCUT2D eigenvalue weighted by molar-refractivity contribution is -0.117. The normalized spacial score (nSPS) is 12.3. The van der Waals surface area contributed by atoms with Crippen molar-refractivity contribution >= 4 is 17.7 Å². The number of benzene rings is 1. The number of hydrogen-bond acceptors (Lipinski definition) is 4. The van der Waals surface area contributed by atoms with Gasteiger partial charge in [-0.2, -0.15) is 0 Å². The first-order valence-corrected chi connectivity index (χ1v) is 6.76. The molecule has 1 aromatic carbocycles. The zero-order valence-corrected chi connectivity index (χ0v) is 13.3. The summed E-state index contributed by atoms with van der Waals surface area (Å²) < 4.78 is 23.4. The minimum absolute atomic E-state index is 0.0814. The number of anilines is 1. The average molecular weight is 312 g/mol. The molecular weight excluding hydrogens is 291 g/mol. The van der Waals surface area contributed by atoms with Crippen LogP contribution in [0.5, 0.6) is 5.75 Å². The average Bonchev–Trinajstić information content (AvgIpc) is 2.36. The predicted molar refractivity (Wildman–Crippen MR) is 80.4 cm³/mol. The summed E-state index contributed by atoms with van der Waals surface area (Å²) in [6, 6.07) is 3.20. The summed E-state index contributed by atoms with van der Waals surface area (Å²) in [5.41, 5.74) is -0.388. The van der Waals surface area contributed by atoms with Crippen LogP contribution in [-0.2, 0) is 9.53 Å². The van der Waals surface area contributed by atoms with E-state index in [9.17, 15) is 14.0 Å². The van der Waals surface area contributed by atoms with Crippen molar-refractivity contribution in [2.45, 2.75) is 39.3 Å². The molecule has 7 heteroatoms. The molecule has 0 fully saturated rings. The molecule has 0 heterocycles. The molecule has 122 valence electrons. The molecule has 0 aliphatic carbocycles. The number of amides is 2. The van der Waals surface area contributed by atoms with Crippen molar-refractivity contribution in [1.82, 2.24) is 5.32 Å². The summed E-state index contributed by atoms with van der Waals surface area (Å²) >= 11 is 0. The lowest BCUT2D eigenvalue weighted by atomic mass is 10.2. The number of ether oxygens (including phenoxy) is 2. The molecule has 1 atom stereocenters. The lowest BCUT2D eigenvalue weighted by Gasteiger charge is -2.21. The number of rotatable bonds is 4. The Morgan fingerprint density at radius 3 is 2.41 bits per heavy atom. The summed E-state index contributed by atoms with van der Waals surface area (Å²) in [5, 5.41) is 4.90. The van der Waals surface area contributed by atoms with Gasteiger partial charge in [0.1, 0.15) is 11.6 Å². The SMILES string of the molecule is COc1ccc(NC(=O)[C@H](C)NC(=O)OC(C)(C)C)cc1F. The third kappa shape index (κ3) is 5.59. The molecule has 0 unspecified atom stereocenters. The van der Waals surface area contributed by atoms with E-state index in [1.807, 2.05) is 0 Å². The number of methoxy groups -OCH3 is 1. The van der Waals surface area contributed by atoms with E-state index in [1.165, 1.54) is 26.2 Å². The van der Waals surface area contributed by atoms with Crippen LogP contribution in [0.25, 0.3) is 0 Å². The lowest BCUT2D eigenvalue weighted by Crippen LogP contribution is -2.43. The van der Waals surface area contributed by atoms with Crippen LogP contribution in [0.2, 0.25) is 0 Å². The predicted octanol–water partition coefficient (Wildman–Crippen LogP) is 2.69. The van der Waals surface area contributed by atoms with Crippen LogP contribution in [0.15, 0.2) is 18.2 Å². The fourth-order valence-corrected chi connectivity index (χ4v) is 1.54. The van der Waals surface area contributed by atoms with Crippen LogP contribution in [0.1, 0.15) is 27.7 Å². The minimum Gasteiger partial charge on any atom is -0.494 e. The minimum atomic E-state index is -0.833. The van der Waals surface area contributed by atoms with Gasteiger partial charge in [-0.3, -0.25) is 4.79 Å². The Balaban J connectivity index is 2.61. The van der Waals surface area contributed by atoms with Crippen molar-refractivity contribution in [2.75, 3.05) is 12.4 Å². The van der Waals surface area contributed by atoms with E-state index in [4.69, 9.17) is 9.47 Å². The number of carbonyl (C=O) groups is 2. The standard InChI is InChI=1S/C15H21FN2O4/c1-9(17-14(20)22-15(2,3)4)13(19)18-10-6-7-12(21-5)11(16)8-10/h6-9H,1-5H3,(H,17,20)(H,18,19)/t9-/m0/s1. The Morgan fingerprint density at radius 1 is 1.27 bits per heavy atom. The molecule has 0 radical (unpaired) electrons. The number of carbonyl (C=O) groups excluding carboxylic acids is 2. The molecule has 1 aromatic rings. The Kier molecular flexibility index (Phi) is 5.73. The van der Waals surface area contributed by atoms with Gasteiger partial charge in [-0.05, 0) is 39.8 Å². The Labute approximate surface area is 129 Å². The van der Waals surface area contributed by atoms with Crippen molar-refractivity contribution in [3.8, 4) is 5.75 Å². The van der Waals surface area contributed by atoms with Gasteiger partial charge >= 0.3 is 6.09 Å². The molecule has 0 spiro atoms. The molecule has 0 bridgehead atoms. The van der Waals surface area contributed by atoms with Gasteiger partial charge < -0.3 is 20.1 Å². The molecule has 1 rings (SSSR count). The third-order valence-corrected chi connectivity index (χ3v) is 2.55. The van der Waals surface area contributed by atoms with E-state index in [-0.39, 0.29) is 11.4 Å². The molecule has 22 heavy (non-hydrogen) atoms. The molecule has 2 amide bonds. The zero-order chi connectivity index (χ0) is 16.9. The smallest absolute Gasteiger partial charge is 0.408 e. The van der Waals surface area contributed by atoms with Gasteiger partial charge in [0.05, 0.1) is 7.11 Å². The number of hydrogen-bond donors (Lipinski definition) is 2. The molecule has 6 nitrogen and oxygen atoms in total. The third-order valence-electron chi connectivity index (χ3n) is 2.55. The Morgan fingerprint density at radius 2 is 1.91 bits per heavy atom. The van der Waals surface area contributed by atoms with Crippen molar-refractivity contribution in [3.63, 3.8) is 0 Å². The topological polar surface area (TPSA) is 76.7 Å². The van der Waals surface area contributed by atoms with Crippen LogP contribution in [0, 0.1) is 5.82 Å². The first kappa shape index (κ1) is 17.7. The van der Waals surface area contributed by atoms with Crippen molar-refractivity contribution in [1.29, 1.82) is 0 Å². The number of halogens is 1. The highest BCUT2D eigenvalue weighted by Crippen LogP contribution is 2.20. The molecule has 0 aliphatic rings. The van der Waals surface area contributed by atoms with Gasteiger partial charge in [0.15, 0.2) is 11.6 Å². The summed E-state index contributed by atoms with van der Waals surface area (Å²) in [6.07, 6.45) is -0.698. The van der Waals surface area contributed by atoms with E-state index < -0.39 is 29.5 Å². The zero-order valence-electron chi connectivity index (χ0n) is 13.3. The fourth-order valence-electron chi connectivity index (χ4n) is 1.54. The van der Waals surface area contributed by atoms with E-state index in [2.05, 4.69) is 10.6 Å². The van der Waals surface area contributed by atoms with E-state index in [0.29, 0.717) is 0 Å². The van der Waals surface area contributed by atoms with Crippen LogP contribution in [0.4, 0.5) is 14.9 Å². The van der Waals surface area contributed by atoms with E-state index in [0.717, 1.165) is 6.07 Å². The first-order chi connectivity index (χ1) is 10.1. The second-order valence-corrected chi connectivity index (χ2v) is 5.71. The van der Waals surface area contributed by atoms with Gasteiger partial charge in [-0.25, -0.2) is 9.18 Å². The van der Waals surface area contributed by atoms with Gasteiger partial charge in [0, 0.05) is 11.8 Å². The van der Waals surface area contributed by atoms with Gasteiger partial charge in [0.25, 0.3) is 0 Å². The van der Waals surface area contributed by atoms with Gasteiger partial charge in [-0.1, -0.05) is 0 Å². The highest BCUT2D eigenvalue weighted by atomic mass is 19.1. The Bertz CT molecular complexity index is 555. The highest BCUT2D eigenvalue weighted by molar-refractivity contribution is 5.96. The maximum atomic E-state index is 13.5. The van der Waals surface area contributed by atoms with Gasteiger partial charge in [-0.15, -0.1) is 0 Å². The molecule has 2 N–H and O–H groups in total. The van der Waals surface area contributed by atoms with Crippen molar-refractivity contribution < 1.29 is 23.5 Å². The van der Waals surface area contributed by atoms with Crippen LogP contribution in [0.3, 0.4) is 0 Å². The maximum absolute atomic E-state index is 13.5. The highest BCUT2D eigenvalue weighted by Gasteiger charge is 2.21. The van der Waals surface area contributed by atoms with Crippen molar-refractivity contribution in [3.05, 3.63) is 24.0 Å². The molecule has 0 aromatic heterocycles. The summed E-state index contributed by atoms with van der Waals surface area (Å²) in [5.74, 6) is -0.999.